The lowest BCUT2D eigenvalue weighted by atomic mass is 10.2. The van der Waals surface area contributed by atoms with Crippen molar-refractivity contribution in [2.45, 2.75) is 0 Å². The summed E-state index contributed by atoms with van der Waals surface area (Å²) < 4.78 is 7.08. The highest BCUT2D eigenvalue weighted by Crippen LogP contribution is 2.11. The molecule has 1 aromatic carbocycles. The molecule has 0 unspecified atom stereocenters. The first-order chi connectivity index (χ1) is 8.66. The van der Waals surface area contributed by atoms with Crippen molar-refractivity contribution in [1.29, 1.82) is 0 Å². The number of benzene rings is 1. The zero-order valence-electron chi connectivity index (χ0n) is 9.28. The van der Waals surface area contributed by atoms with Crippen LogP contribution in [0.4, 0.5) is 0 Å². The van der Waals surface area contributed by atoms with E-state index in [4.69, 9.17) is 4.74 Å². The molecule has 2 aromatic rings. The SMILES string of the molecule is C=C(Br)COC(=O)c1cccc(-n2cnnn2)c1. The molecule has 18 heavy (non-hydrogen) atoms. The fraction of sp³-hybridized carbons (Fsp3) is 0.0909. The summed E-state index contributed by atoms with van der Waals surface area (Å²) in [4.78, 5) is 11.7. The van der Waals surface area contributed by atoms with Gasteiger partial charge in [0, 0.05) is 4.48 Å². The third-order valence-electron chi connectivity index (χ3n) is 2.06. The summed E-state index contributed by atoms with van der Waals surface area (Å²) in [5.74, 6) is -0.425. The van der Waals surface area contributed by atoms with Gasteiger partial charge in [-0.1, -0.05) is 28.6 Å². The highest BCUT2D eigenvalue weighted by atomic mass is 79.9. The standard InChI is InChI=1S/C11H9BrN4O2/c1-8(12)6-18-11(17)9-3-2-4-10(5-9)16-7-13-14-15-16/h2-5,7H,1,6H2. The Balaban J connectivity index is 2.17. The highest BCUT2D eigenvalue weighted by Gasteiger charge is 2.09. The lowest BCUT2D eigenvalue weighted by Gasteiger charge is -2.05. The second-order valence-corrected chi connectivity index (χ2v) is 4.52. The van der Waals surface area contributed by atoms with Crippen molar-refractivity contribution in [2.75, 3.05) is 6.61 Å². The molecule has 0 radical (unpaired) electrons. The van der Waals surface area contributed by atoms with Gasteiger partial charge in [0.15, 0.2) is 0 Å². The van der Waals surface area contributed by atoms with E-state index in [-0.39, 0.29) is 6.61 Å². The maximum Gasteiger partial charge on any atom is 0.338 e. The van der Waals surface area contributed by atoms with Crippen molar-refractivity contribution < 1.29 is 9.53 Å². The molecule has 0 saturated carbocycles. The second-order valence-electron chi connectivity index (χ2n) is 3.40. The molecule has 1 aromatic heterocycles. The van der Waals surface area contributed by atoms with Gasteiger partial charge in [-0.25, -0.2) is 9.48 Å². The van der Waals surface area contributed by atoms with Crippen LogP contribution in [0.2, 0.25) is 0 Å². The van der Waals surface area contributed by atoms with E-state index in [0.717, 1.165) is 0 Å². The fourth-order valence-corrected chi connectivity index (χ4v) is 1.40. The molecule has 1 heterocycles. The highest BCUT2D eigenvalue weighted by molar-refractivity contribution is 9.11. The first-order valence-electron chi connectivity index (χ1n) is 5.00. The van der Waals surface area contributed by atoms with E-state index in [1.807, 2.05) is 0 Å². The van der Waals surface area contributed by atoms with E-state index >= 15 is 0 Å². The van der Waals surface area contributed by atoms with Gasteiger partial charge in [-0.15, -0.1) is 5.10 Å². The van der Waals surface area contributed by atoms with Crippen molar-refractivity contribution in [2.24, 2.45) is 0 Å². The molecule has 2 rings (SSSR count). The third-order valence-corrected chi connectivity index (χ3v) is 2.28. The average Bonchev–Trinajstić information content (AvgIpc) is 2.90. The molecule has 6 nitrogen and oxygen atoms in total. The molecule has 0 fully saturated rings. The monoisotopic (exact) mass is 308 g/mol. The fourth-order valence-electron chi connectivity index (χ4n) is 1.28. The first kappa shape index (κ1) is 12.4. The summed E-state index contributed by atoms with van der Waals surface area (Å²) in [5, 5.41) is 10.8. The Labute approximate surface area is 111 Å². The average molecular weight is 309 g/mol. The molecular formula is C11H9BrN4O2. The van der Waals surface area contributed by atoms with Crippen LogP contribution in [0.3, 0.4) is 0 Å². The van der Waals surface area contributed by atoms with E-state index in [1.54, 1.807) is 24.3 Å². The second kappa shape index (κ2) is 5.54. The number of aromatic nitrogens is 4. The van der Waals surface area contributed by atoms with Crippen LogP contribution < -0.4 is 0 Å². The molecule has 7 heteroatoms. The molecule has 0 aliphatic rings. The number of hydrogen-bond acceptors (Lipinski definition) is 5. The quantitative estimate of drug-likeness (QED) is 0.804. The lowest BCUT2D eigenvalue weighted by Crippen LogP contribution is -2.07. The molecular weight excluding hydrogens is 300 g/mol. The van der Waals surface area contributed by atoms with Crippen molar-refractivity contribution >= 4 is 21.9 Å². The van der Waals surface area contributed by atoms with Crippen molar-refractivity contribution in [3.8, 4) is 5.69 Å². The summed E-state index contributed by atoms with van der Waals surface area (Å²) in [7, 11) is 0. The Bertz CT molecular complexity index is 568. The van der Waals surface area contributed by atoms with Crippen molar-refractivity contribution in [1.82, 2.24) is 20.2 Å². The Hall–Kier alpha value is -2.02. The number of esters is 1. The van der Waals surface area contributed by atoms with Crippen molar-refractivity contribution in [3.05, 3.63) is 47.2 Å². The van der Waals surface area contributed by atoms with Gasteiger partial charge >= 0.3 is 5.97 Å². The molecule has 0 saturated heterocycles. The van der Waals surface area contributed by atoms with Gasteiger partial charge in [-0.3, -0.25) is 0 Å². The summed E-state index contributed by atoms with van der Waals surface area (Å²) >= 11 is 3.12. The summed E-state index contributed by atoms with van der Waals surface area (Å²) in [6.07, 6.45) is 1.45. The Morgan fingerprint density at radius 2 is 2.33 bits per heavy atom. The number of carbonyl (C=O) groups is 1. The van der Waals surface area contributed by atoms with Gasteiger partial charge < -0.3 is 4.74 Å². The van der Waals surface area contributed by atoms with Crippen LogP contribution in [0.5, 0.6) is 0 Å². The number of hydrogen-bond donors (Lipinski definition) is 0. The number of ether oxygens (including phenoxy) is 1. The number of tetrazole rings is 1. The Morgan fingerprint density at radius 1 is 1.50 bits per heavy atom. The van der Waals surface area contributed by atoms with Gasteiger partial charge in [0.25, 0.3) is 0 Å². The number of nitrogens with zero attached hydrogens (tertiary/aromatic N) is 4. The number of halogens is 1. The first-order valence-corrected chi connectivity index (χ1v) is 5.80. The van der Waals surface area contributed by atoms with Crippen LogP contribution in [-0.4, -0.2) is 32.8 Å². The lowest BCUT2D eigenvalue weighted by molar-refractivity contribution is 0.0547. The maximum absolute atomic E-state index is 11.7. The molecule has 0 bridgehead atoms. The van der Waals surface area contributed by atoms with Gasteiger partial charge in [0.1, 0.15) is 12.9 Å². The molecule has 0 N–H and O–H groups in total. The predicted molar refractivity (Wildman–Crippen MR) is 67.5 cm³/mol. The minimum absolute atomic E-state index is 0.133. The van der Waals surface area contributed by atoms with Gasteiger partial charge in [0.2, 0.25) is 0 Å². The molecule has 0 spiro atoms. The zero-order chi connectivity index (χ0) is 13.0. The van der Waals surface area contributed by atoms with Gasteiger partial charge in [0.05, 0.1) is 11.3 Å². The van der Waals surface area contributed by atoms with E-state index in [2.05, 4.69) is 38.0 Å². The summed E-state index contributed by atoms with van der Waals surface area (Å²) in [6, 6.07) is 6.83. The van der Waals surface area contributed by atoms with Crippen molar-refractivity contribution in [3.63, 3.8) is 0 Å². The van der Waals surface area contributed by atoms with E-state index < -0.39 is 5.97 Å². The largest absolute Gasteiger partial charge is 0.457 e. The topological polar surface area (TPSA) is 69.9 Å². The molecule has 0 amide bonds. The maximum atomic E-state index is 11.7. The Kier molecular flexibility index (Phi) is 3.83. The summed E-state index contributed by atoms with van der Waals surface area (Å²) in [6.45, 7) is 3.72. The van der Waals surface area contributed by atoms with E-state index in [0.29, 0.717) is 15.7 Å². The van der Waals surface area contributed by atoms with E-state index in [9.17, 15) is 4.79 Å². The minimum Gasteiger partial charge on any atom is -0.457 e. The van der Waals surface area contributed by atoms with Crippen LogP contribution in [0.25, 0.3) is 5.69 Å². The van der Waals surface area contributed by atoms with Crippen LogP contribution >= 0.6 is 15.9 Å². The van der Waals surface area contributed by atoms with Crippen LogP contribution in [0, 0.1) is 0 Å². The number of carbonyl (C=O) groups excluding carboxylic acids is 1. The van der Waals surface area contributed by atoms with E-state index in [1.165, 1.54) is 11.0 Å². The zero-order valence-corrected chi connectivity index (χ0v) is 10.9. The smallest absolute Gasteiger partial charge is 0.338 e. The minimum atomic E-state index is -0.425. The summed E-state index contributed by atoms with van der Waals surface area (Å²) in [5.41, 5.74) is 1.11. The molecule has 0 atom stereocenters. The van der Waals surface area contributed by atoms with Gasteiger partial charge in [-0.2, -0.15) is 0 Å². The molecule has 0 aliphatic heterocycles. The molecule has 92 valence electrons. The predicted octanol–water partition coefficient (Wildman–Crippen LogP) is 1.73. The molecule has 0 aliphatic carbocycles. The Morgan fingerprint density at radius 3 is 3.00 bits per heavy atom. The third kappa shape index (κ3) is 3.01. The van der Waals surface area contributed by atoms with Crippen LogP contribution in [0.15, 0.2) is 41.7 Å². The normalized spacial score (nSPS) is 10.1. The van der Waals surface area contributed by atoms with Crippen LogP contribution in [-0.2, 0) is 4.74 Å². The van der Waals surface area contributed by atoms with Gasteiger partial charge in [-0.05, 0) is 28.6 Å². The van der Waals surface area contributed by atoms with Crippen LogP contribution in [0.1, 0.15) is 10.4 Å². The number of rotatable bonds is 4.